The molecule has 0 amide bonds. The monoisotopic (exact) mass is 309 g/mol. The number of rotatable bonds is 4. The van der Waals surface area contributed by atoms with Gasteiger partial charge in [-0.05, 0) is 35.2 Å². The number of pyridine rings is 1. The van der Waals surface area contributed by atoms with Crippen molar-refractivity contribution in [3.05, 3.63) is 52.3 Å². The van der Waals surface area contributed by atoms with Gasteiger partial charge in [0.05, 0.1) is 16.5 Å². The Labute approximate surface area is 127 Å². The van der Waals surface area contributed by atoms with Crippen LogP contribution in [0.15, 0.2) is 36.7 Å². The van der Waals surface area contributed by atoms with Crippen molar-refractivity contribution in [3.63, 3.8) is 0 Å². The van der Waals surface area contributed by atoms with Crippen molar-refractivity contribution in [1.29, 1.82) is 0 Å². The number of carboxylic acids is 1. The Hall–Kier alpha value is -1.58. The molecule has 1 heterocycles. The molecule has 0 radical (unpaired) electrons. The Bertz CT molecular complexity index is 644. The van der Waals surface area contributed by atoms with Gasteiger partial charge in [-0.15, -0.1) is 0 Å². The number of hydrogen-bond donors (Lipinski definition) is 1. The van der Waals surface area contributed by atoms with Gasteiger partial charge >= 0.3 is 5.97 Å². The van der Waals surface area contributed by atoms with Crippen LogP contribution in [0.3, 0.4) is 0 Å². The van der Waals surface area contributed by atoms with E-state index in [1.165, 1.54) is 0 Å². The van der Waals surface area contributed by atoms with E-state index in [0.29, 0.717) is 10.0 Å². The molecular weight excluding hydrogens is 297 g/mol. The van der Waals surface area contributed by atoms with Crippen LogP contribution in [0.5, 0.6) is 0 Å². The second-order valence-corrected chi connectivity index (χ2v) is 5.45. The maximum atomic E-state index is 10.8. The summed E-state index contributed by atoms with van der Waals surface area (Å²) in [6.45, 7) is 1.86. The Morgan fingerprint density at radius 3 is 2.60 bits per heavy atom. The Morgan fingerprint density at radius 1 is 1.20 bits per heavy atom. The van der Waals surface area contributed by atoms with Gasteiger partial charge in [0.2, 0.25) is 0 Å². The minimum absolute atomic E-state index is 0.0759. The molecule has 1 N–H and O–H groups in total. The first kappa shape index (κ1) is 14.8. The summed E-state index contributed by atoms with van der Waals surface area (Å²) in [5.41, 5.74) is 2.67. The predicted octanol–water partition coefficient (Wildman–Crippen LogP) is 4.63. The van der Waals surface area contributed by atoms with Gasteiger partial charge in [0, 0.05) is 18.0 Å². The molecule has 1 unspecified atom stereocenters. The standard InChI is InChI=1S/C15H13Cl2NO2/c1-9(4-15(19)20)11-5-12(8-18-7-11)10-2-3-13(16)14(17)6-10/h2-3,5-9H,4H2,1H3,(H,19,20). The van der Waals surface area contributed by atoms with Crippen LogP contribution in [0.2, 0.25) is 10.0 Å². The van der Waals surface area contributed by atoms with Crippen molar-refractivity contribution in [3.8, 4) is 11.1 Å². The van der Waals surface area contributed by atoms with Crippen molar-refractivity contribution < 1.29 is 9.90 Å². The summed E-state index contributed by atoms with van der Waals surface area (Å²) in [6, 6.07) is 7.29. The molecule has 2 aromatic rings. The van der Waals surface area contributed by atoms with Crippen LogP contribution in [-0.4, -0.2) is 16.1 Å². The van der Waals surface area contributed by atoms with Gasteiger partial charge in [-0.3, -0.25) is 9.78 Å². The molecule has 20 heavy (non-hydrogen) atoms. The van der Waals surface area contributed by atoms with E-state index >= 15 is 0 Å². The van der Waals surface area contributed by atoms with Gasteiger partial charge in [0.25, 0.3) is 0 Å². The molecule has 1 aromatic heterocycles. The average Bonchev–Trinajstić information content (AvgIpc) is 2.41. The zero-order valence-electron chi connectivity index (χ0n) is 10.8. The first-order valence-electron chi connectivity index (χ1n) is 6.09. The van der Waals surface area contributed by atoms with E-state index in [2.05, 4.69) is 4.98 Å². The number of hydrogen-bond acceptors (Lipinski definition) is 2. The normalized spacial score (nSPS) is 12.2. The second-order valence-electron chi connectivity index (χ2n) is 4.63. The summed E-state index contributed by atoms with van der Waals surface area (Å²) in [5, 5.41) is 9.82. The molecular formula is C15H13Cl2NO2. The summed E-state index contributed by atoms with van der Waals surface area (Å²) in [6.07, 6.45) is 3.48. The third-order valence-corrected chi connectivity index (χ3v) is 3.80. The molecule has 1 aromatic carbocycles. The van der Waals surface area contributed by atoms with E-state index in [1.807, 2.05) is 19.1 Å². The highest BCUT2D eigenvalue weighted by atomic mass is 35.5. The molecule has 0 aliphatic heterocycles. The molecule has 0 aliphatic rings. The van der Waals surface area contributed by atoms with Gasteiger partial charge < -0.3 is 5.11 Å². The molecule has 104 valence electrons. The van der Waals surface area contributed by atoms with E-state index in [1.54, 1.807) is 24.5 Å². The number of halogens is 2. The molecule has 2 rings (SSSR count). The molecule has 0 saturated heterocycles. The van der Waals surface area contributed by atoms with Crippen molar-refractivity contribution in [2.75, 3.05) is 0 Å². The lowest BCUT2D eigenvalue weighted by Gasteiger charge is -2.11. The maximum Gasteiger partial charge on any atom is 0.303 e. The first-order valence-corrected chi connectivity index (χ1v) is 6.85. The van der Waals surface area contributed by atoms with Crippen LogP contribution in [0.25, 0.3) is 11.1 Å². The topological polar surface area (TPSA) is 50.2 Å². The highest BCUT2D eigenvalue weighted by Crippen LogP contribution is 2.30. The zero-order chi connectivity index (χ0) is 14.7. The zero-order valence-corrected chi connectivity index (χ0v) is 12.3. The van der Waals surface area contributed by atoms with Crippen LogP contribution < -0.4 is 0 Å². The van der Waals surface area contributed by atoms with Gasteiger partial charge in [-0.1, -0.05) is 36.2 Å². The molecule has 0 bridgehead atoms. The summed E-state index contributed by atoms with van der Waals surface area (Å²) in [4.78, 5) is 14.9. The fraction of sp³-hybridized carbons (Fsp3) is 0.200. The van der Waals surface area contributed by atoms with Crippen molar-refractivity contribution >= 4 is 29.2 Å². The van der Waals surface area contributed by atoms with E-state index in [-0.39, 0.29) is 12.3 Å². The van der Waals surface area contributed by atoms with Crippen molar-refractivity contribution in [2.45, 2.75) is 19.3 Å². The highest BCUT2D eigenvalue weighted by molar-refractivity contribution is 6.42. The summed E-state index contributed by atoms with van der Waals surface area (Å²) < 4.78 is 0. The highest BCUT2D eigenvalue weighted by Gasteiger charge is 2.12. The van der Waals surface area contributed by atoms with Crippen LogP contribution in [-0.2, 0) is 4.79 Å². The Balaban J connectivity index is 2.33. The molecule has 5 heteroatoms. The lowest BCUT2D eigenvalue weighted by Crippen LogP contribution is -2.03. The number of carboxylic acid groups (broad SMARTS) is 1. The smallest absolute Gasteiger partial charge is 0.303 e. The van der Waals surface area contributed by atoms with Gasteiger partial charge in [-0.2, -0.15) is 0 Å². The minimum Gasteiger partial charge on any atom is -0.481 e. The quantitative estimate of drug-likeness (QED) is 0.895. The van der Waals surface area contributed by atoms with E-state index in [9.17, 15) is 4.79 Å². The molecule has 0 spiro atoms. The number of benzene rings is 1. The minimum atomic E-state index is -0.822. The van der Waals surface area contributed by atoms with Crippen LogP contribution in [0.4, 0.5) is 0 Å². The van der Waals surface area contributed by atoms with Crippen LogP contribution in [0, 0.1) is 0 Å². The fourth-order valence-corrected chi connectivity index (χ4v) is 2.24. The molecule has 0 aliphatic carbocycles. The number of aromatic nitrogens is 1. The lowest BCUT2D eigenvalue weighted by atomic mass is 9.96. The van der Waals surface area contributed by atoms with Crippen LogP contribution >= 0.6 is 23.2 Å². The Kier molecular flexibility index (Phi) is 4.63. The molecule has 3 nitrogen and oxygen atoms in total. The number of carbonyl (C=O) groups is 1. The molecule has 1 atom stereocenters. The molecule has 0 saturated carbocycles. The van der Waals surface area contributed by atoms with Gasteiger partial charge in [0.1, 0.15) is 0 Å². The fourth-order valence-electron chi connectivity index (χ4n) is 1.94. The number of nitrogens with zero attached hydrogens (tertiary/aromatic N) is 1. The van der Waals surface area contributed by atoms with Crippen LogP contribution in [0.1, 0.15) is 24.8 Å². The maximum absolute atomic E-state index is 10.8. The molecule has 0 fully saturated rings. The lowest BCUT2D eigenvalue weighted by molar-refractivity contribution is -0.137. The summed E-state index contributed by atoms with van der Waals surface area (Å²) in [7, 11) is 0. The average molecular weight is 310 g/mol. The predicted molar refractivity (Wildman–Crippen MR) is 80.4 cm³/mol. The van der Waals surface area contributed by atoms with E-state index in [0.717, 1.165) is 16.7 Å². The van der Waals surface area contributed by atoms with Crippen molar-refractivity contribution in [1.82, 2.24) is 4.98 Å². The second kappa shape index (κ2) is 6.25. The largest absolute Gasteiger partial charge is 0.481 e. The summed E-state index contributed by atoms with van der Waals surface area (Å²) in [5.74, 6) is -0.917. The van der Waals surface area contributed by atoms with E-state index in [4.69, 9.17) is 28.3 Å². The first-order chi connectivity index (χ1) is 9.47. The van der Waals surface area contributed by atoms with E-state index < -0.39 is 5.97 Å². The third-order valence-electron chi connectivity index (χ3n) is 3.06. The number of aliphatic carboxylic acids is 1. The van der Waals surface area contributed by atoms with Crippen molar-refractivity contribution in [2.24, 2.45) is 0 Å². The summed E-state index contributed by atoms with van der Waals surface area (Å²) >= 11 is 11.9. The van der Waals surface area contributed by atoms with Gasteiger partial charge in [0.15, 0.2) is 0 Å². The SMILES string of the molecule is CC(CC(=O)O)c1cncc(-c2ccc(Cl)c(Cl)c2)c1. The van der Waals surface area contributed by atoms with Gasteiger partial charge in [-0.25, -0.2) is 0 Å². The third kappa shape index (κ3) is 3.50. The Morgan fingerprint density at radius 2 is 1.95 bits per heavy atom.